The maximum Gasteiger partial charge on any atom is 0.322 e. The lowest BCUT2D eigenvalue weighted by Crippen LogP contribution is -2.14. The van der Waals surface area contributed by atoms with Crippen LogP contribution in [0.3, 0.4) is 0 Å². The van der Waals surface area contributed by atoms with Crippen molar-refractivity contribution in [2.24, 2.45) is 4.36 Å². The van der Waals surface area contributed by atoms with Crippen LogP contribution in [-0.4, -0.2) is 32.5 Å². The van der Waals surface area contributed by atoms with Gasteiger partial charge < -0.3 is 19.0 Å². The molecule has 0 aromatic carbocycles. The second-order valence-electron chi connectivity index (χ2n) is 7.78. The lowest BCUT2D eigenvalue weighted by Gasteiger charge is -2.16. The van der Waals surface area contributed by atoms with Gasteiger partial charge in [0, 0.05) is 22.3 Å². The maximum atomic E-state index is 12.5. The Labute approximate surface area is 164 Å². The number of urea groups is 1. The predicted molar refractivity (Wildman–Crippen MR) is 103 cm³/mol. The molecular formula is C19H22N5O3S-. The zero-order chi connectivity index (χ0) is 19.3. The third-order valence-electron chi connectivity index (χ3n) is 6.06. The zero-order valence-electron chi connectivity index (χ0n) is 15.5. The van der Waals surface area contributed by atoms with Crippen molar-refractivity contribution in [1.29, 1.82) is 0 Å². The van der Waals surface area contributed by atoms with Gasteiger partial charge in [0.25, 0.3) is 0 Å². The van der Waals surface area contributed by atoms with E-state index < -0.39 is 16.6 Å². The molecular weight excluding hydrogens is 378 g/mol. The van der Waals surface area contributed by atoms with Crippen LogP contribution >= 0.6 is 0 Å². The van der Waals surface area contributed by atoms with Gasteiger partial charge in [0.2, 0.25) is 0 Å². The summed E-state index contributed by atoms with van der Waals surface area (Å²) in [7, 11) is -1.89. The van der Waals surface area contributed by atoms with Gasteiger partial charge in [-0.15, -0.1) is 10.6 Å². The van der Waals surface area contributed by atoms with Crippen LogP contribution in [0.15, 0.2) is 21.7 Å². The maximum absolute atomic E-state index is 12.5. The zero-order valence-corrected chi connectivity index (χ0v) is 16.3. The molecule has 0 unspecified atom stereocenters. The molecule has 3 aliphatic rings. The molecule has 1 saturated carbocycles. The first-order chi connectivity index (χ1) is 13.6. The molecule has 0 bridgehead atoms. The highest BCUT2D eigenvalue weighted by molar-refractivity contribution is 7.75. The molecule has 2 aromatic heterocycles. The quantitative estimate of drug-likeness (QED) is 0.766. The normalized spacial score (nSPS) is 19.6. The molecule has 2 aromatic rings. The molecule has 0 saturated heterocycles. The van der Waals surface area contributed by atoms with E-state index in [4.69, 9.17) is 10.1 Å². The van der Waals surface area contributed by atoms with Crippen LogP contribution in [0, 0.1) is 0 Å². The van der Waals surface area contributed by atoms with Crippen LogP contribution in [-0.2, 0) is 46.0 Å². The number of carbonyl (C=O) groups is 1. The van der Waals surface area contributed by atoms with E-state index in [0.717, 1.165) is 54.6 Å². The third-order valence-corrected chi connectivity index (χ3v) is 6.96. The van der Waals surface area contributed by atoms with Gasteiger partial charge in [-0.05, 0) is 62.1 Å². The Morgan fingerprint density at radius 2 is 2.14 bits per heavy atom. The SMILES string of the molecule is O=C(N=[S-](=O)c1ccn(CCO)n1)Nc1c2c(nc3c1CCC31CC1)CCC2. The van der Waals surface area contributed by atoms with E-state index in [1.54, 1.807) is 12.3 Å². The van der Waals surface area contributed by atoms with E-state index in [1.165, 1.54) is 23.2 Å². The van der Waals surface area contributed by atoms with Gasteiger partial charge in [-0.25, -0.2) is 4.79 Å². The molecule has 2 heterocycles. The lowest BCUT2D eigenvalue weighted by molar-refractivity contribution is 0.260. The third kappa shape index (κ3) is 2.93. The fourth-order valence-electron chi connectivity index (χ4n) is 4.49. The molecule has 28 heavy (non-hydrogen) atoms. The smallest absolute Gasteiger partial charge is 0.322 e. The molecule has 3 aliphatic carbocycles. The number of aliphatic hydroxyl groups excluding tert-OH is 1. The minimum atomic E-state index is -1.89. The van der Waals surface area contributed by atoms with Crippen molar-refractivity contribution in [3.8, 4) is 0 Å². The molecule has 0 aliphatic heterocycles. The van der Waals surface area contributed by atoms with Gasteiger partial charge in [-0.1, -0.05) is 0 Å². The predicted octanol–water partition coefficient (Wildman–Crippen LogP) is 2.48. The number of aryl methyl sites for hydroxylation is 1. The van der Waals surface area contributed by atoms with Crippen LogP contribution in [0.1, 0.15) is 48.2 Å². The van der Waals surface area contributed by atoms with Crippen LogP contribution in [0.2, 0.25) is 0 Å². The number of amides is 2. The molecule has 0 radical (unpaired) electrons. The second-order valence-corrected chi connectivity index (χ2v) is 8.88. The number of hydrogen-bond donors (Lipinski definition) is 2. The second kappa shape index (κ2) is 6.66. The van der Waals surface area contributed by atoms with Gasteiger partial charge in [0.05, 0.1) is 24.5 Å². The summed E-state index contributed by atoms with van der Waals surface area (Å²) in [5, 5.41) is 16.1. The molecule has 2 N–H and O–H groups in total. The monoisotopic (exact) mass is 400 g/mol. The number of anilines is 1. The molecule has 148 valence electrons. The van der Waals surface area contributed by atoms with Crippen molar-refractivity contribution in [1.82, 2.24) is 14.8 Å². The number of fused-ring (bicyclic) bond motifs is 3. The van der Waals surface area contributed by atoms with Crippen molar-refractivity contribution in [2.75, 3.05) is 11.9 Å². The molecule has 2 amide bonds. The molecule has 8 nitrogen and oxygen atoms in total. The van der Waals surface area contributed by atoms with Gasteiger partial charge in [-0.3, -0.25) is 9.67 Å². The number of carbonyl (C=O) groups excluding carboxylic acids is 1. The van der Waals surface area contributed by atoms with Gasteiger partial charge in [-0.2, -0.15) is 5.10 Å². The van der Waals surface area contributed by atoms with Crippen molar-refractivity contribution in [3.63, 3.8) is 0 Å². The Balaban J connectivity index is 1.43. The van der Waals surface area contributed by atoms with E-state index in [0.29, 0.717) is 6.54 Å². The summed E-state index contributed by atoms with van der Waals surface area (Å²) in [4.78, 5) is 17.5. The average Bonchev–Trinajstić information content (AvgIpc) is 3.01. The fraction of sp³-hybridized carbons (Fsp3) is 0.526. The summed E-state index contributed by atoms with van der Waals surface area (Å²) >= 11 is 0. The van der Waals surface area contributed by atoms with Crippen molar-refractivity contribution in [3.05, 3.63) is 34.8 Å². The largest absolute Gasteiger partial charge is 0.438 e. The summed E-state index contributed by atoms with van der Waals surface area (Å²) < 4.78 is 17.6. The van der Waals surface area contributed by atoms with E-state index in [9.17, 15) is 9.00 Å². The first-order valence-corrected chi connectivity index (χ1v) is 10.8. The van der Waals surface area contributed by atoms with Crippen molar-refractivity contribution >= 4 is 22.3 Å². The Bertz CT molecular complexity index is 1050. The van der Waals surface area contributed by atoms with Gasteiger partial charge in [0.1, 0.15) is 0 Å². The summed E-state index contributed by atoms with van der Waals surface area (Å²) in [5.74, 6) is 0. The van der Waals surface area contributed by atoms with Crippen LogP contribution in [0.5, 0.6) is 0 Å². The minimum absolute atomic E-state index is 0.0643. The first kappa shape index (κ1) is 17.8. The first-order valence-electron chi connectivity index (χ1n) is 9.74. The van der Waals surface area contributed by atoms with Crippen molar-refractivity contribution < 1.29 is 14.1 Å². The van der Waals surface area contributed by atoms with Gasteiger partial charge >= 0.3 is 6.03 Å². The number of pyridine rings is 1. The number of nitrogens with zero attached hydrogens (tertiary/aromatic N) is 4. The lowest BCUT2D eigenvalue weighted by atomic mass is 10.0. The van der Waals surface area contributed by atoms with Gasteiger partial charge in [0.15, 0.2) is 0 Å². The molecule has 1 fully saturated rings. The fourth-order valence-corrected chi connectivity index (χ4v) is 5.13. The summed E-state index contributed by atoms with van der Waals surface area (Å²) in [6.07, 6.45) is 8.92. The Kier molecular flexibility index (Phi) is 4.24. The Morgan fingerprint density at radius 3 is 2.93 bits per heavy atom. The molecule has 1 spiro atoms. The number of nitrogens with one attached hydrogen (secondary N) is 1. The Hall–Kier alpha value is -2.26. The summed E-state index contributed by atoms with van der Waals surface area (Å²) in [6.45, 7) is 0.242. The summed E-state index contributed by atoms with van der Waals surface area (Å²) in [6, 6.07) is 0.926. The van der Waals surface area contributed by atoms with E-state index in [-0.39, 0.29) is 17.0 Å². The summed E-state index contributed by atoms with van der Waals surface area (Å²) in [5.41, 5.74) is 5.65. The highest BCUT2D eigenvalue weighted by atomic mass is 32.2. The van der Waals surface area contributed by atoms with Crippen LogP contribution < -0.4 is 5.32 Å². The van der Waals surface area contributed by atoms with E-state index >= 15 is 0 Å². The Morgan fingerprint density at radius 1 is 1.29 bits per heavy atom. The molecule has 0 atom stereocenters. The highest BCUT2D eigenvalue weighted by Gasteiger charge is 2.51. The minimum Gasteiger partial charge on any atom is -0.438 e. The number of aliphatic hydroxyl groups is 1. The topological polar surface area (TPSA) is 109 Å². The number of hydrogen-bond acceptors (Lipinski definition) is 6. The van der Waals surface area contributed by atoms with Crippen LogP contribution in [0.25, 0.3) is 0 Å². The number of rotatable bonds is 4. The van der Waals surface area contributed by atoms with Crippen molar-refractivity contribution in [2.45, 2.75) is 61.9 Å². The molecule has 5 rings (SSSR count). The standard InChI is InChI=1S/C19H22N5O3S/c25-11-10-24-9-5-15(22-24)28(27)23-18(26)21-16-12-2-1-3-14(12)20-17-13(16)4-6-19(17)7-8-19/h5,9,25H,1-4,6-8,10-11H2,(H,20,21,26)/q-1. The molecule has 9 heteroatoms. The van der Waals surface area contributed by atoms with E-state index in [1.807, 2.05) is 0 Å². The van der Waals surface area contributed by atoms with Crippen LogP contribution in [0.4, 0.5) is 10.5 Å². The highest BCUT2D eigenvalue weighted by Crippen LogP contribution is 2.58. The average molecular weight is 400 g/mol. The number of aromatic nitrogens is 3. The van der Waals surface area contributed by atoms with E-state index in [2.05, 4.69) is 14.8 Å².